The Morgan fingerprint density at radius 1 is 0.789 bits per heavy atom. The minimum Gasteiger partial charge on any atom is -0.369 e. The summed E-state index contributed by atoms with van der Waals surface area (Å²) in [5.41, 5.74) is 2.87. The van der Waals surface area contributed by atoms with Crippen LogP contribution in [0, 0.1) is 0 Å². The van der Waals surface area contributed by atoms with Crippen LogP contribution in [0.1, 0.15) is 11.4 Å². The molecule has 3 aromatic rings. The Balaban J connectivity index is 1.65. The van der Waals surface area contributed by atoms with Gasteiger partial charge in [0.25, 0.3) is 0 Å². The monoisotopic (exact) mass is 250 g/mol. The molecule has 0 unspecified atom stereocenters. The fraction of sp³-hybridized carbons (Fsp3) is 0.125. The summed E-state index contributed by atoms with van der Waals surface area (Å²) >= 11 is 0. The van der Waals surface area contributed by atoms with Crippen molar-refractivity contribution in [2.24, 2.45) is 0 Å². The molecule has 0 atom stereocenters. The average Bonchev–Trinajstić information content (AvgIpc) is 2.48. The third kappa shape index (κ3) is 2.95. The van der Waals surface area contributed by atoms with E-state index < -0.39 is 0 Å². The Morgan fingerprint density at radius 2 is 1.63 bits per heavy atom. The second kappa shape index (κ2) is 5.59. The molecular formula is C16H14N2O. The van der Waals surface area contributed by atoms with Crippen molar-refractivity contribution in [3.63, 3.8) is 0 Å². The van der Waals surface area contributed by atoms with Crippen molar-refractivity contribution in [3.8, 4) is 0 Å². The van der Waals surface area contributed by atoms with Crippen molar-refractivity contribution in [1.29, 1.82) is 0 Å². The van der Waals surface area contributed by atoms with Crippen LogP contribution in [0.15, 0.2) is 60.8 Å². The number of benzene rings is 1. The number of aromatic nitrogens is 2. The molecule has 0 aliphatic heterocycles. The smallest absolute Gasteiger partial charge is 0.0893 e. The van der Waals surface area contributed by atoms with Crippen molar-refractivity contribution in [3.05, 3.63) is 72.2 Å². The minimum atomic E-state index is 0.501. The van der Waals surface area contributed by atoms with Gasteiger partial charge in [0.2, 0.25) is 0 Å². The molecule has 2 aromatic heterocycles. The molecule has 0 N–H and O–H groups in total. The number of para-hydroxylation sites is 1. The maximum atomic E-state index is 5.63. The molecule has 0 fully saturated rings. The van der Waals surface area contributed by atoms with Crippen LogP contribution in [0.25, 0.3) is 10.9 Å². The highest BCUT2D eigenvalue weighted by Crippen LogP contribution is 2.12. The maximum Gasteiger partial charge on any atom is 0.0893 e. The topological polar surface area (TPSA) is 35.0 Å². The van der Waals surface area contributed by atoms with Gasteiger partial charge in [-0.25, -0.2) is 0 Å². The Morgan fingerprint density at radius 3 is 2.53 bits per heavy atom. The highest BCUT2D eigenvalue weighted by Gasteiger charge is 1.99. The summed E-state index contributed by atoms with van der Waals surface area (Å²) in [6, 6.07) is 18.0. The summed E-state index contributed by atoms with van der Waals surface area (Å²) in [6.07, 6.45) is 1.77. The molecule has 0 aliphatic rings. The van der Waals surface area contributed by atoms with Crippen molar-refractivity contribution in [2.45, 2.75) is 13.2 Å². The van der Waals surface area contributed by atoms with E-state index in [2.05, 4.69) is 22.1 Å². The van der Waals surface area contributed by atoms with Crippen LogP contribution >= 0.6 is 0 Å². The fourth-order valence-corrected chi connectivity index (χ4v) is 1.93. The highest BCUT2D eigenvalue weighted by molar-refractivity contribution is 5.78. The fourth-order valence-electron chi connectivity index (χ4n) is 1.93. The first-order valence-corrected chi connectivity index (χ1v) is 6.24. The van der Waals surface area contributed by atoms with Gasteiger partial charge in [-0.05, 0) is 24.3 Å². The van der Waals surface area contributed by atoms with Gasteiger partial charge in [0.1, 0.15) is 0 Å². The first-order chi connectivity index (χ1) is 9.42. The standard InChI is InChI=1S/C16H14N2O/c1-2-7-16-13(5-1)8-9-15(18-16)12-19-11-14-6-3-4-10-17-14/h1-10H,11-12H2. The summed E-state index contributed by atoms with van der Waals surface area (Å²) in [6.45, 7) is 1.01. The zero-order valence-electron chi connectivity index (χ0n) is 10.5. The summed E-state index contributed by atoms with van der Waals surface area (Å²) in [5.74, 6) is 0. The predicted octanol–water partition coefficient (Wildman–Crippen LogP) is 3.35. The van der Waals surface area contributed by atoms with Crippen LogP contribution in [0.3, 0.4) is 0 Å². The normalized spacial score (nSPS) is 10.7. The second-order valence-electron chi connectivity index (χ2n) is 4.31. The van der Waals surface area contributed by atoms with Gasteiger partial charge in [-0.3, -0.25) is 9.97 Å². The number of pyridine rings is 2. The number of fused-ring (bicyclic) bond motifs is 1. The van der Waals surface area contributed by atoms with Crippen LogP contribution in [-0.2, 0) is 18.0 Å². The molecule has 0 bridgehead atoms. The van der Waals surface area contributed by atoms with Gasteiger partial charge in [0.15, 0.2) is 0 Å². The molecule has 3 heteroatoms. The van der Waals surface area contributed by atoms with Gasteiger partial charge in [-0.1, -0.05) is 30.3 Å². The Hall–Kier alpha value is -2.26. The van der Waals surface area contributed by atoms with E-state index in [1.54, 1.807) is 6.20 Å². The van der Waals surface area contributed by atoms with Gasteiger partial charge in [0, 0.05) is 11.6 Å². The number of hydrogen-bond acceptors (Lipinski definition) is 3. The van der Waals surface area contributed by atoms with E-state index in [0.29, 0.717) is 13.2 Å². The van der Waals surface area contributed by atoms with Crippen molar-refractivity contribution >= 4 is 10.9 Å². The molecule has 0 radical (unpaired) electrons. The van der Waals surface area contributed by atoms with E-state index >= 15 is 0 Å². The lowest BCUT2D eigenvalue weighted by atomic mass is 10.2. The van der Waals surface area contributed by atoms with Crippen LogP contribution in [0.5, 0.6) is 0 Å². The quantitative estimate of drug-likeness (QED) is 0.712. The SMILES string of the molecule is c1ccc(COCc2ccc3ccccc3n2)nc1. The lowest BCUT2D eigenvalue weighted by Gasteiger charge is -2.04. The number of hydrogen-bond donors (Lipinski definition) is 0. The number of rotatable bonds is 4. The molecule has 0 aliphatic carbocycles. The third-order valence-electron chi connectivity index (χ3n) is 2.88. The van der Waals surface area contributed by atoms with E-state index in [4.69, 9.17) is 4.74 Å². The highest BCUT2D eigenvalue weighted by atomic mass is 16.5. The molecule has 1 aromatic carbocycles. The van der Waals surface area contributed by atoms with Gasteiger partial charge < -0.3 is 4.74 Å². The van der Waals surface area contributed by atoms with Crippen LogP contribution < -0.4 is 0 Å². The Kier molecular flexibility index (Phi) is 3.47. The molecule has 0 spiro atoms. The van der Waals surface area contributed by atoms with Crippen LogP contribution in [-0.4, -0.2) is 9.97 Å². The minimum absolute atomic E-state index is 0.501. The zero-order valence-corrected chi connectivity index (χ0v) is 10.5. The van der Waals surface area contributed by atoms with Gasteiger partial charge in [0.05, 0.1) is 30.1 Å². The maximum absolute atomic E-state index is 5.63. The Bertz CT molecular complexity index is 668. The average molecular weight is 250 g/mol. The predicted molar refractivity (Wildman–Crippen MR) is 74.5 cm³/mol. The lowest BCUT2D eigenvalue weighted by molar-refractivity contribution is 0.102. The van der Waals surface area contributed by atoms with Gasteiger partial charge in [-0.15, -0.1) is 0 Å². The second-order valence-corrected chi connectivity index (χ2v) is 4.31. The Labute approximate surface area is 111 Å². The summed E-state index contributed by atoms with van der Waals surface area (Å²) in [4.78, 5) is 8.78. The summed E-state index contributed by atoms with van der Waals surface area (Å²) < 4.78 is 5.63. The number of ether oxygens (including phenoxy) is 1. The molecule has 3 rings (SSSR count). The molecule has 94 valence electrons. The molecule has 3 nitrogen and oxygen atoms in total. The molecule has 0 amide bonds. The van der Waals surface area contributed by atoms with Crippen molar-refractivity contribution in [2.75, 3.05) is 0 Å². The first-order valence-electron chi connectivity index (χ1n) is 6.24. The van der Waals surface area contributed by atoms with E-state index in [1.807, 2.05) is 42.5 Å². The molecule has 19 heavy (non-hydrogen) atoms. The van der Waals surface area contributed by atoms with Crippen LogP contribution in [0.4, 0.5) is 0 Å². The van der Waals surface area contributed by atoms with Crippen molar-refractivity contribution < 1.29 is 4.74 Å². The molecule has 0 saturated heterocycles. The van der Waals surface area contributed by atoms with E-state index in [9.17, 15) is 0 Å². The third-order valence-corrected chi connectivity index (χ3v) is 2.88. The zero-order chi connectivity index (χ0) is 12.9. The van der Waals surface area contributed by atoms with E-state index in [1.165, 1.54) is 0 Å². The van der Waals surface area contributed by atoms with E-state index in [0.717, 1.165) is 22.3 Å². The first kappa shape index (κ1) is 11.8. The largest absolute Gasteiger partial charge is 0.369 e. The lowest BCUT2D eigenvalue weighted by Crippen LogP contribution is -1.98. The van der Waals surface area contributed by atoms with Gasteiger partial charge in [-0.2, -0.15) is 0 Å². The van der Waals surface area contributed by atoms with Gasteiger partial charge >= 0.3 is 0 Å². The van der Waals surface area contributed by atoms with Crippen molar-refractivity contribution in [1.82, 2.24) is 9.97 Å². The molecular weight excluding hydrogens is 236 g/mol. The molecule has 2 heterocycles. The summed E-state index contributed by atoms with van der Waals surface area (Å²) in [5, 5.41) is 1.15. The van der Waals surface area contributed by atoms with Crippen LogP contribution in [0.2, 0.25) is 0 Å². The molecule has 0 saturated carbocycles. The number of nitrogens with zero attached hydrogens (tertiary/aromatic N) is 2. The van der Waals surface area contributed by atoms with E-state index in [-0.39, 0.29) is 0 Å². The summed E-state index contributed by atoms with van der Waals surface area (Å²) in [7, 11) is 0.